The van der Waals surface area contributed by atoms with Gasteiger partial charge in [-0.3, -0.25) is 20.4 Å². The van der Waals surface area contributed by atoms with Crippen LogP contribution in [0.4, 0.5) is 0 Å². The van der Waals surface area contributed by atoms with Gasteiger partial charge in [0.2, 0.25) is 10.0 Å². The fourth-order valence-electron chi connectivity index (χ4n) is 3.13. The number of sulfonamides is 1. The van der Waals surface area contributed by atoms with E-state index in [9.17, 15) is 18.0 Å². The maximum Gasteiger partial charge on any atom is 0.271 e. The standard InChI is InChI=1S/C21H24N4O4S2/c1-25-14-17(16-10-6-7-11-19(16)25)20(26)22-23-21(27)18(12-13-30-2)24-31(28,29)15-8-4-3-5-9-15/h3-11,14,18,24H,12-13H2,1-2H3,(H,22,26)(H,23,27). The first-order chi connectivity index (χ1) is 14.8. The van der Waals surface area contributed by atoms with E-state index in [0.29, 0.717) is 11.3 Å². The van der Waals surface area contributed by atoms with E-state index in [4.69, 9.17) is 0 Å². The van der Waals surface area contributed by atoms with E-state index in [0.717, 1.165) is 10.9 Å². The number of thioether (sulfide) groups is 1. The number of aryl methyl sites for hydroxylation is 1. The van der Waals surface area contributed by atoms with Crippen LogP contribution in [-0.2, 0) is 21.9 Å². The number of aromatic nitrogens is 1. The number of rotatable bonds is 8. The summed E-state index contributed by atoms with van der Waals surface area (Å²) >= 11 is 1.49. The van der Waals surface area contributed by atoms with Crippen LogP contribution < -0.4 is 15.6 Å². The zero-order chi connectivity index (χ0) is 22.4. The van der Waals surface area contributed by atoms with E-state index >= 15 is 0 Å². The SMILES string of the molecule is CSCCC(NS(=O)(=O)c1ccccc1)C(=O)NNC(=O)c1cn(C)c2ccccc12. The van der Waals surface area contributed by atoms with Gasteiger partial charge in [0, 0.05) is 24.1 Å². The van der Waals surface area contributed by atoms with Crippen LogP contribution in [0, 0.1) is 0 Å². The maximum absolute atomic E-state index is 12.7. The molecular formula is C21H24N4O4S2. The summed E-state index contributed by atoms with van der Waals surface area (Å²) in [5.41, 5.74) is 6.04. The Morgan fingerprint density at radius 2 is 1.71 bits per heavy atom. The number of fused-ring (bicyclic) bond motifs is 1. The number of hydrogen-bond acceptors (Lipinski definition) is 5. The van der Waals surface area contributed by atoms with E-state index in [2.05, 4.69) is 15.6 Å². The van der Waals surface area contributed by atoms with Gasteiger partial charge in [0.05, 0.1) is 10.5 Å². The quantitative estimate of drug-likeness (QED) is 0.446. The van der Waals surface area contributed by atoms with Gasteiger partial charge < -0.3 is 4.57 Å². The lowest BCUT2D eigenvalue weighted by Gasteiger charge is -2.18. The van der Waals surface area contributed by atoms with Crippen LogP contribution in [0.1, 0.15) is 16.8 Å². The van der Waals surface area contributed by atoms with Crippen molar-refractivity contribution in [1.29, 1.82) is 0 Å². The minimum atomic E-state index is -3.89. The number of carbonyl (C=O) groups excluding carboxylic acids is 2. The maximum atomic E-state index is 12.7. The summed E-state index contributed by atoms with van der Waals surface area (Å²) in [6.07, 6.45) is 3.81. The van der Waals surface area contributed by atoms with Gasteiger partial charge in [0.25, 0.3) is 11.8 Å². The lowest BCUT2D eigenvalue weighted by molar-refractivity contribution is -0.123. The predicted octanol–water partition coefficient (Wildman–Crippen LogP) is 2.04. The summed E-state index contributed by atoms with van der Waals surface area (Å²) in [5.74, 6) is -0.561. The highest BCUT2D eigenvalue weighted by molar-refractivity contribution is 7.98. The second-order valence-electron chi connectivity index (χ2n) is 6.88. The second kappa shape index (κ2) is 9.99. The second-order valence-corrected chi connectivity index (χ2v) is 9.58. The van der Waals surface area contributed by atoms with Crippen molar-refractivity contribution >= 4 is 44.5 Å². The Hall–Kier alpha value is -2.82. The summed E-state index contributed by atoms with van der Waals surface area (Å²) in [6.45, 7) is 0. The normalized spacial score (nSPS) is 12.5. The predicted molar refractivity (Wildman–Crippen MR) is 122 cm³/mol. The van der Waals surface area contributed by atoms with Crippen LogP contribution >= 0.6 is 11.8 Å². The average molecular weight is 461 g/mol. The molecule has 0 aliphatic carbocycles. The van der Waals surface area contributed by atoms with Gasteiger partial charge in [-0.2, -0.15) is 16.5 Å². The summed E-state index contributed by atoms with van der Waals surface area (Å²) in [7, 11) is -2.06. The van der Waals surface area contributed by atoms with Crippen LogP contribution in [0.5, 0.6) is 0 Å². The van der Waals surface area contributed by atoms with Crippen LogP contribution in [-0.4, -0.2) is 42.8 Å². The molecule has 3 N–H and O–H groups in total. The van der Waals surface area contributed by atoms with Gasteiger partial charge in [-0.25, -0.2) is 8.42 Å². The first-order valence-electron chi connectivity index (χ1n) is 9.54. The summed E-state index contributed by atoms with van der Waals surface area (Å²) in [5, 5.41) is 0.750. The van der Waals surface area contributed by atoms with Crippen molar-refractivity contribution < 1.29 is 18.0 Å². The van der Waals surface area contributed by atoms with Crippen LogP contribution in [0.2, 0.25) is 0 Å². The molecule has 0 saturated carbocycles. The minimum Gasteiger partial charge on any atom is -0.350 e. The van der Waals surface area contributed by atoms with Gasteiger partial charge in [-0.15, -0.1) is 0 Å². The molecule has 3 rings (SSSR count). The van der Waals surface area contributed by atoms with Crippen molar-refractivity contribution in [2.45, 2.75) is 17.4 Å². The highest BCUT2D eigenvalue weighted by atomic mass is 32.2. The summed E-state index contributed by atoms with van der Waals surface area (Å²) < 4.78 is 29.5. The zero-order valence-corrected chi connectivity index (χ0v) is 18.8. The third-order valence-corrected chi connectivity index (χ3v) is 6.85. The smallest absolute Gasteiger partial charge is 0.271 e. The Morgan fingerprint density at radius 1 is 1.03 bits per heavy atom. The van der Waals surface area contributed by atoms with E-state index in [1.54, 1.807) is 24.4 Å². The molecular weight excluding hydrogens is 436 g/mol. The Morgan fingerprint density at radius 3 is 2.42 bits per heavy atom. The monoisotopic (exact) mass is 460 g/mol. The first-order valence-corrected chi connectivity index (χ1v) is 12.4. The van der Waals surface area contributed by atoms with Gasteiger partial charge in [0.15, 0.2) is 0 Å². The number of hydrogen-bond donors (Lipinski definition) is 3. The molecule has 0 saturated heterocycles. The average Bonchev–Trinajstić information content (AvgIpc) is 3.12. The number of nitrogens with one attached hydrogen (secondary N) is 3. The van der Waals surface area contributed by atoms with E-state index in [1.807, 2.05) is 42.1 Å². The zero-order valence-electron chi connectivity index (χ0n) is 17.2. The third kappa shape index (κ3) is 5.46. The van der Waals surface area contributed by atoms with Crippen molar-refractivity contribution in [3.8, 4) is 0 Å². The molecule has 3 aromatic rings. The Bertz CT molecular complexity index is 1180. The molecule has 1 aromatic heterocycles. The Kier molecular flexibility index (Phi) is 7.37. The number of nitrogens with zero attached hydrogens (tertiary/aromatic N) is 1. The van der Waals surface area contributed by atoms with Crippen LogP contribution in [0.25, 0.3) is 10.9 Å². The number of carbonyl (C=O) groups is 2. The van der Waals surface area contributed by atoms with E-state index in [-0.39, 0.29) is 11.3 Å². The van der Waals surface area contributed by atoms with E-state index in [1.165, 1.54) is 23.9 Å². The highest BCUT2D eigenvalue weighted by Crippen LogP contribution is 2.20. The molecule has 1 unspecified atom stereocenters. The third-order valence-electron chi connectivity index (χ3n) is 4.72. The lowest BCUT2D eigenvalue weighted by atomic mass is 10.2. The van der Waals surface area contributed by atoms with Crippen molar-refractivity contribution in [2.24, 2.45) is 7.05 Å². The molecule has 164 valence electrons. The molecule has 0 aliphatic heterocycles. The Labute approximate surface area is 185 Å². The fourth-order valence-corrected chi connectivity index (χ4v) is 4.85. The molecule has 2 amide bonds. The highest BCUT2D eigenvalue weighted by Gasteiger charge is 2.26. The molecule has 8 nitrogen and oxygen atoms in total. The molecule has 10 heteroatoms. The Balaban J connectivity index is 1.71. The molecule has 0 bridgehead atoms. The van der Waals surface area contributed by atoms with Gasteiger partial charge in [-0.1, -0.05) is 36.4 Å². The van der Waals surface area contributed by atoms with Crippen LogP contribution in [0.3, 0.4) is 0 Å². The van der Waals surface area contributed by atoms with Crippen molar-refractivity contribution in [2.75, 3.05) is 12.0 Å². The first kappa shape index (κ1) is 22.9. The molecule has 0 radical (unpaired) electrons. The molecule has 1 atom stereocenters. The van der Waals surface area contributed by atoms with Gasteiger partial charge >= 0.3 is 0 Å². The van der Waals surface area contributed by atoms with Gasteiger partial charge in [-0.05, 0) is 36.6 Å². The number of para-hydroxylation sites is 1. The minimum absolute atomic E-state index is 0.0664. The largest absolute Gasteiger partial charge is 0.350 e. The molecule has 0 fully saturated rings. The molecule has 2 aromatic carbocycles. The summed E-state index contributed by atoms with van der Waals surface area (Å²) in [4.78, 5) is 25.4. The number of amides is 2. The van der Waals surface area contributed by atoms with Crippen molar-refractivity contribution in [3.63, 3.8) is 0 Å². The number of hydrazine groups is 1. The van der Waals surface area contributed by atoms with Crippen molar-refractivity contribution in [1.82, 2.24) is 20.1 Å². The molecule has 1 heterocycles. The molecule has 0 spiro atoms. The fraction of sp³-hybridized carbons (Fsp3) is 0.238. The van der Waals surface area contributed by atoms with Gasteiger partial charge in [0.1, 0.15) is 6.04 Å². The number of benzene rings is 2. The molecule has 31 heavy (non-hydrogen) atoms. The topological polar surface area (TPSA) is 109 Å². The molecule has 0 aliphatic rings. The summed E-state index contributed by atoms with van der Waals surface area (Å²) in [6, 6.07) is 14.2. The van der Waals surface area contributed by atoms with E-state index < -0.39 is 27.9 Å². The van der Waals surface area contributed by atoms with Crippen molar-refractivity contribution in [3.05, 3.63) is 66.4 Å². The lowest BCUT2D eigenvalue weighted by Crippen LogP contribution is -2.52. The van der Waals surface area contributed by atoms with Crippen LogP contribution in [0.15, 0.2) is 65.7 Å².